The van der Waals surface area contributed by atoms with Crippen LogP contribution < -0.4 is 14.9 Å². The summed E-state index contributed by atoms with van der Waals surface area (Å²) in [6, 6.07) is 11.5. The van der Waals surface area contributed by atoms with E-state index in [1.54, 1.807) is 30.3 Å². The Labute approximate surface area is 170 Å². The average Bonchev–Trinajstić information content (AvgIpc) is 3.13. The van der Waals surface area contributed by atoms with E-state index in [4.69, 9.17) is 9.47 Å². The highest BCUT2D eigenvalue weighted by atomic mass is 32.1. The number of carbonyl (C=O) groups is 1. The number of non-ortho nitro benzene ring substituents is 1. The van der Waals surface area contributed by atoms with Crippen molar-refractivity contribution in [2.45, 2.75) is 13.8 Å². The van der Waals surface area contributed by atoms with E-state index in [9.17, 15) is 14.9 Å². The van der Waals surface area contributed by atoms with Crippen LogP contribution in [0.15, 0.2) is 47.6 Å². The molecule has 0 aliphatic heterocycles. The number of hydrogen-bond acceptors (Lipinski definition) is 7. The van der Waals surface area contributed by atoms with Crippen molar-refractivity contribution < 1.29 is 19.2 Å². The lowest BCUT2D eigenvalue weighted by Crippen LogP contribution is -2.16. The molecule has 0 spiro atoms. The summed E-state index contributed by atoms with van der Waals surface area (Å²) in [5, 5.41) is 15.5. The van der Waals surface area contributed by atoms with Gasteiger partial charge in [0.2, 0.25) is 0 Å². The van der Waals surface area contributed by atoms with Crippen molar-refractivity contribution in [1.82, 2.24) is 5.43 Å². The van der Waals surface area contributed by atoms with E-state index in [1.807, 2.05) is 13.8 Å². The molecule has 150 valence electrons. The monoisotopic (exact) mass is 413 g/mol. The number of nitrogens with zero attached hydrogens (tertiary/aromatic N) is 2. The Morgan fingerprint density at radius 3 is 2.69 bits per heavy atom. The van der Waals surface area contributed by atoms with E-state index in [0.29, 0.717) is 40.5 Å². The van der Waals surface area contributed by atoms with Gasteiger partial charge in [0, 0.05) is 33.8 Å². The SMILES string of the molecule is CCOc1ccc(/C=N\NC(=O)c2cc3cc([N+](=O)[O-])ccc3s2)c(OCC)c1. The quantitative estimate of drug-likeness (QED) is 0.335. The molecular weight excluding hydrogens is 394 g/mol. The number of fused-ring (bicyclic) bond motifs is 1. The minimum atomic E-state index is -0.464. The summed E-state index contributed by atoms with van der Waals surface area (Å²) in [7, 11) is 0. The highest BCUT2D eigenvalue weighted by molar-refractivity contribution is 7.20. The summed E-state index contributed by atoms with van der Waals surface area (Å²) in [6.45, 7) is 4.81. The number of carbonyl (C=O) groups excluding carboxylic acids is 1. The number of rotatable bonds is 8. The molecule has 0 aliphatic carbocycles. The molecule has 2 aromatic carbocycles. The van der Waals surface area contributed by atoms with Crippen molar-refractivity contribution in [2.24, 2.45) is 5.10 Å². The van der Waals surface area contributed by atoms with Crippen LogP contribution in [0.3, 0.4) is 0 Å². The predicted octanol–water partition coefficient (Wildman–Crippen LogP) is 4.37. The second-order valence-corrected chi connectivity index (χ2v) is 6.94. The lowest BCUT2D eigenvalue weighted by molar-refractivity contribution is -0.384. The van der Waals surface area contributed by atoms with E-state index >= 15 is 0 Å². The van der Waals surface area contributed by atoms with Crippen LogP contribution >= 0.6 is 11.3 Å². The van der Waals surface area contributed by atoms with Crippen LogP contribution in [0.1, 0.15) is 29.1 Å². The van der Waals surface area contributed by atoms with Crippen molar-refractivity contribution in [3.8, 4) is 11.5 Å². The molecule has 0 unspecified atom stereocenters. The van der Waals surface area contributed by atoms with E-state index in [1.165, 1.54) is 29.7 Å². The Morgan fingerprint density at radius 2 is 1.97 bits per heavy atom. The fourth-order valence-electron chi connectivity index (χ4n) is 2.63. The molecule has 8 nitrogen and oxygen atoms in total. The first kappa shape index (κ1) is 20.3. The Hall–Kier alpha value is -3.46. The van der Waals surface area contributed by atoms with E-state index in [-0.39, 0.29) is 5.69 Å². The molecule has 1 heterocycles. The van der Waals surface area contributed by atoms with Gasteiger partial charge in [-0.3, -0.25) is 14.9 Å². The van der Waals surface area contributed by atoms with Crippen LogP contribution in [0.2, 0.25) is 0 Å². The number of thiophene rings is 1. The first-order valence-electron chi connectivity index (χ1n) is 8.92. The summed E-state index contributed by atoms with van der Waals surface area (Å²) < 4.78 is 11.9. The predicted molar refractivity (Wildman–Crippen MR) is 112 cm³/mol. The number of hydrazone groups is 1. The molecule has 0 fully saturated rings. The summed E-state index contributed by atoms with van der Waals surface area (Å²) in [6.07, 6.45) is 1.50. The van der Waals surface area contributed by atoms with Gasteiger partial charge >= 0.3 is 0 Å². The molecule has 1 aromatic heterocycles. The molecule has 0 atom stereocenters. The van der Waals surface area contributed by atoms with Crippen molar-refractivity contribution >= 4 is 39.2 Å². The van der Waals surface area contributed by atoms with Gasteiger partial charge in [0.1, 0.15) is 11.5 Å². The molecule has 0 saturated heterocycles. The minimum Gasteiger partial charge on any atom is -0.494 e. The summed E-state index contributed by atoms with van der Waals surface area (Å²) in [5.74, 6) is 0.899. The van der Waals surface area contributed by atoms with Crippen LogP contribution in [0.25, 0.3) is 10.1 Å². The number of nitro benzene ring substituents is 1. The van der Waals surface area contributed by atoms with Gasteiger partial charge in [-0.2, -0.15) is 5.10 Å². The topological polar surface area (TPSA) is 103 Å². The number of ether oxygens (including phenoxy) is 2. The second-order valence-electron chi connectivity index (χ2n) is 5.85. The highest BCUT2D eigenvalue weighted by Crippen LogP contribution is 2.29. The van der Waals surface area contributed by atoms with Gasteiger partial charge in [-0.05, 0) is 38.1 Å². The lowest BCUT2D eigenvalue weighted by Gasteiger charge is -2.09. The molecule has 1 N–H and O–H groups in total. The Balaban J connectivity index is 1.74. The van der Waals surface area contributed by atoms with Crippen molar-refractivity contribution in [2.75, 3.05) is 13.2 Å². The summed E-state index contributed by atoms with van der Waals surface area (Å²) >= 11 is 1.24. The average molecular weight is 413 g/mol. The van der Waals surface area contributed by atoms with Gasteiger partial charge in [0.15, 0.2) is 0 Å². The molecule has 3 aromatic rings. The first-order chi connectivity index (χ1) is 14.0. The number of hydrogen-bond donors (Lipinski definition) is 1. The van der Waals surface area contributed by atoms with Gasteiger partial charge < -0.3 is 9.47 Å². The fourth-order valence-corrected chi connectivity index (χ4v) is 3.56. The van der Waals surface area contributed by atoms with Gasteiger partial charge in [0.05, 0.1) is 29.2 Å². The summed E-state index contributed by atoms with van der Waals surface area (Å²) in [5.41, 5.74) is 3.16. The molecule has 3 rings (SSSR count). The molecule has 29 heavy (non-hydrogen) atoms. The number of nitro groups is 1. The largest absolute Gasteiger partial charge is 0.494 e. The van der Waals surface area contributed by atoms with Crippen LogP contribution in [0.4, 0.5) is 5.69 Å². The van der Waals surface area contributed by atoms with E-state index in [2.05, 4.69) is 10.5 Å². The molecule has 1 amide bonds. The number of benzene rings is 2. The molecule has 0 bridgehead atoms. The third-order valence-electron chi connectivity index (χ3n) is 3.90. The standard InChI is InChI=1S/C20H19N3O5S/c1-3-27-16-7-5-13(17(11-16)28-4-2)12-21-22-20(24)19-10-14-9-15(23(25)26)6-8-18(14)29-19/h5-12H,3-4H2,1-2H3,(H,22,24)/b21-12-. The van der Waals surface area contributed by atoms with Crippen LogP contribution in [0.5, 0.6) is 11.5 Å². The van der Waals surface area contributed by atoms with Crippen LogP contribution in [0, 0.1) is 10.1 Å². The molecule has 0 radical (unpaired) electrons. The van der Waals surface area contributed by atoms with Gasteiger partial charge in [-0.25, -0.2) is 5.43 Å². The summed E-state index contributed by atoms with van der Waals surface area (Å²) in [4.78, 5) is 23.2. The molecule has 0 saturated carbocycles. The zero-order chi connectivity index (χ0) is 20.8. The minimum absolute atomic E-state index is 0.0146. The normalized spacial score (nSPS) is 11.0. The van der Waals surface area contributed by atoms with Gasteiger partial charge in [-0.1, -0.05) is 0 Å². The molecular formula is C20H19N3O5S. The zero-order valence-corrected chi connectivity index (χ0v) is 16.7. The maximum atomic E-state index is 12.4. The van der Waals surface area contributed by atoms with E-state index in [0.717, 1.165) is 4.70 Å². The number of nitrogens with one attached hydrogen (secondary N) is 1. The third kappa shape index (κ3) is 4.88. The van der Waals surface area contributed by atoms with Crippen molar-refractivity contribution in [1.29, 1.82) is 0 Å². The zero-order valence-electron chi connectivity index (χ0n) is 15.9. The molecule has 9 heteroatoms. The fraction of sp³-hybridized carbons (Fsp3) is 0.200. The van der Waals surface area contributed by atoms with Crippen molar-refractivity contribution in [3.05, 3.63) is 63.0 Å². The lowest BCUT2D eigenvalue weighted by atomic mass is 10.2. The second kappa shape index (κ2) is 9.16. The van der Waals surface area contributed by atoms with Gasteiger partial charge in [-0.15, -0.1) is 11.3 Å². The smallest absolute Gasteiger partial charge is 0.281 e. The van der Waals surface area contributed by atoms with Crippen molar-refractivity contribution in [3.63, 3.8) is 0 Å². The third-order valence-corrected chi connectivity index (χ3v) is 5.01. The maximum Gasteiger partial charge on any atom is 0.281 e. The highest BCUT2D eigenvalue weighted by Gasteiger charge is 2.13. The van der Waals surface area contributed by atoms with Crippen LogP contribution in [-0.4, -0.2) is 30.3 Å². The Bertz CT molecular complexity index is 1080. The molecule has 0 aliphatic rings. The Kier molecular flexibility index (Phi) is 6.40. The number of amides is 1. The maximum absolute atomic E-state index is 12.4. The van der Waals surface area contributed by atoms with E-state index < -0.39 is 10.8 Å². The van der Waals surface area contributed by atoms with Crippen LogP contribution in [-0.2, 0) is 0 Å². The Morgan fingerprint density at radius 1 is 1.17 bits per heavy atom. The van der Waals surface area contributed by atoms with Gasteiger partial charge in [0.25, 0.3) is 11.6 Å². The first-order valence-corrected chi connectivity index (χ1v) is 9.74.